The number of piperidine rings is 1. The summed E-state index contributed by atoms with van der Waals surface area (Å²) in [6.45, 7) is 26.9. The van der Waals surface area contributed by atoms with E-state index in [0.717, 1.165) is 74.3 Å². The van der Waals surface area contributed by atoms with Crippen molar-refractivity contribution >= 4 is 0 Å². The molecule has 0 amide bonds. The summed E-state index contributed by atoms with van der Waals surface area (Å²) < 4.78 is 25.9. The Kier molecular flexibility index (Phi) is 23.5. The van der Waals surface area contributed by atoms with E-state index < -0.39 is 0 Å². The molecule has 5 nitrogen and oxygen atoms in total. The molecule has 0 aromatic rings. The average molecular weight is 892 g/mol. The monoisotopic (exact) mass is 892 g/mol. The zero-order chi connectivity index (χ0) is 45.7. The largest absolute Gasteiger partial charge is 0.378 e. The van der Waals surface area contributed by atoms with Gasteiger partial charge in [-0.3, -0.25) is 0 Å². The van der Waals surface area contributed by atoms with Crippen molar-refractivity contribution in [2.45, 2.75) is 234 Å². The van der Waals surface area contributed by atoms with Gasteiger partial charge in [-0.2, -0.15) is 0 Å². The standard InChI is InChI=1S/C59H105NO4/c1-9-10-11-12-13-14-15-16-17-18-19-20-21-22-23-27-41-62-48-57(6,47-60-39-25-24-26-40-60)64-45-43-61-42-44-63-56(5)37-38-58(7)51(46-56)31-32-52-54-34-33-53(50(4)30-28-29-49(2)3)59(54,8)36-35-55(52)58/h13-14,16-17,31,49-50,52-55H,9-12,15,18-30,32-48H2,1-8H3/t50-,52?,53-,54?,55?,56+,57-,58+,59-/m1/s1. The summed E-state index contributed by atoms with van der Waals surface area (Å²) in [7, 11) is 0. The first kappa shape index (κ1) is 54.0. The molecule has 0 aromatic carbocycles. The van der Waals surface area contributed by atoms with Crippen LogP contribution < -0.4 is 0 Å². The quantitative estimate of drug-likeness (QED) is 0.0497. The Hall–Kier alpha value is -0.980. The lowest BCUT2D eigenvalue weighted by Gasteiger charge is -2.59. The van der Waals surface area contributed by atoms with Crippen LogP contribution in [0.1, 0.15) is 222 Å². The number of hydrogen-bond acceptors (Lipinski definition) is 5. The molecule has 0 bridgehead atoms. The van der Waals surface area contributed by atoms with Crippen LogP contribution in [0.4, 0.5) is 0 Å². The topological polar surface area (TPSA) is 40.2 Å². The Morgan fingerprint density at radius 3 is 2.19 bits per heavy atom. The van der Waals surface area contributed by atoms with E-state index in [1.54, 1.807) is 5.57 Å². The fourth-order valence-corrected chi connectivity index (χ4v) is 13.9. The maximum Gasteiger partial charge on any atom is 0.101 e. The van der Waals surface area contributed by atoms with E-state index in [1.165, 1.54) is 154 Å². The number of hydrogen-bond donors (Lipinski definition) is 0. The lowest BCUT2D eigenvalue weighted by Crippen LogP contribution is -2.52. The van der Waals surface area contributed by atoms with Crippen LogP contribution >= 0.6 is 0 Å². The molecule has 1 aliphatic heterocycles. The summed E-state index contributed by atoms with van der Waals surface area (Å²) in [5.41, 5.74) is 2.23. The molecule has 5 heteroatoms. The molecule has 1 heterocycles. The van der Waals surface area contributed by atoms with E-state index in [0.29, 0.717) is 43.9 Å². The van der Waals surface area contributed by atoms with Crippen molar-refractivity contribution in [3.8, 4) is 0 Å². The molecule has 0 aromatic heterocycles. The maximum atomic E-state index is 6.73. The predicted octanol–water partition coefficient (Wildman–Crippen LogP) is 15.9. The molecule has 0 radical (unpaired) electrons. The van der Waals surface area contributed by atoms with Crippen LogP contribution in [0.2, 0.25) is 0 Å². The Labute approximate surface area is 397 Å². The minimum Gasteiger partial charge on any atom is -0.378 e. The molecule has 5 aliphatic rings. The van der Waals surface area contributed by atoms with E-state index >= 15 is 0 Å². The first-order chi connectivity index (χ1) is 30.9. The third-order valence-corrected chi connectivity index (χ3v) is 17.8. The smallest absolute Gasteiger partial charge is 0.101 e. The van der Waals surface area contributed by atoms with Crippen LogP contribution in [0.3, 0.4) is 0 Å². The molecule has 5 rings (SSSR count). The predicted molar refractivity (Wildman–Crippen MR) is 273 cm³/mol. The van der Waals surface area contributed by atoms with Crippen molar-refractivity contribution in [2.24, 2.45) is 46.3 Å². The average Bonchev–Trinajstić information content (AvgIpc) is 3.63. The summed E-state index contributed by atoms with van der Waals surface area (Å²) in [5.74, 6) is 5.31. The van der Waals surface area contributed by atoms with Gasteiger partial charge in [0.2, 0.25) is 0 Å². The van der Waals surface area contributed by atoms with Gasteiger partial charge in [-0.25, -0.2) is 0 Å². The number of rotatable bonds is 32. The highest BCUT2D eigenvalue weighted by molar-refractivity contribution is 5.27. The molecule has 370 valence electrons. The summed E-state index contributed by atoms with van der Waals surface area (Å²) in [4.78, 5) is 2.59. The van der Waals surface area contributed by atoms with Crippen molar-refractivity contribution in [2.75, 3.05) is 59.3 Å². The lowest BCUT2D eigenvalue weighted by molar-refractivity contribution is -0.123. The van der Waals surface area contributed by atoms with Crippen LogP contribution in [0.25, 0.3) is 0 Å². The second-order valence-corrected chi connectivity index (χ2v) is 23.6. The highest BCUT2D eigenvalue weighted by Gasteiger charge is 2.59. The van der Waals surface area contributed by atoms with Crippen molar-refractivity contribution in [3.63, 3.8) is 0 Å². The summed E-state index contributed by atoms with van der Waals surface area (Å²) in [5, 5.41) is 0. The summed E-state index contributed by atoms with van der Waals surface area (Å²) in [6.07, 6.45) is 46.2. The Bertz CT molecular complexity index is 1370. The molecule has 9 atom stereocenters. The Morgan fingerprint density at radius 1 is 0.719 bits per heavy atom. The van der Waals surface area contributed by atoms with Gasteiger partial charge in [0, 0.05) is 13.2 Å². The van der Waals surface area contributed by atoms with Gasteiger partial charge in [-0.05, 0) is 176 Å². The highest BCUT2D eigenvalue weighted by atomic mass is 16.6. The second-order valence-electron chi connectivity index (χ2n) is 23.6. The summed E-state index contributed by atoms with van der Waals surface area (Å²) >= 11 is 0. The zero-order valence-corrected chi connectivity index (χ0v) is 43.7. The van der Waals surface area contributed by atoms with E-state index in [-0.39, 0.29) is 11.2 Å². The van der Waals surface area contributed by atoms with E-state index in [9.17, 15) is 0 Å². The van der Waals surface area contributed by atoms with Crippen molar-refractivity contribution < 1.29 is 18.9 Å². The Morgan fingerprint density at radius 2 is 1.44 bits per heavy atom. The summed E-state index contributed by atoms with van der Waals surface area (Å²) in [6, 6.07) is 0. The molecular weight excluding hydrogens is 787 g/mol. The SMILES string of the molecule is CCCCCC=CCC=CCCCCCCCCOC[C@@](C)(CN1CCCCC1)OCCOCCO[C@@]1(C)CC[C@@]2(C)C(=CCC3C2CC[C@@]2(C)C3CC[C@@H]2[C@H](C)CCCC(C)C)C1. The number of ether oxygens (including phenoxy) is 4. The van der Waals surface area contributed by atoms with Gasteiger partial charge in [0.15, 0.2) is 0 Å². The minimum absolute atomic E-state index is 0.0857. The van der Waals surface area contributed by atoms with E-state index in [4.69, 9.17) is 18.9 Å². The number of nitrogens with zero attached hydrogens (tertiary/aromatic N) is 1. The van der Waals surface area contributed by atoms with E-state index in [2.05, 4.69) is 90.7 Å². The molecule has 1 saturated heterocycles. The molecule has 3 saturated carbocycles. The third kappa shape index (κ3) is 16.6. The maximum absolute atomic E-state index is 6.73. The van der Waals surface area contributed by atoms with Crippen molar-refractivity contribution in [3.05, 3.63) is 36.0 Å². The van der Waals surface area contributed by atoms with Crippen LogP contribution in [0.5, 0.6) is 0 Å². The molecule has 0 N–H and O–H groups in total. The zero-order valence-electron chi connectivity index (χ0n) is 43.7. The molecule has 64 heavy (non-hydrogen) atoms. The molecule has 4 aliphatic carbocycles. The first-order valence-corrected chi connectivity index (χ1v) is 28.1. The van der Waals surface area contributed by atoms with Crippen LogP contribution in [-0.2, 0) is 18.9 Å². The first-order valence-electron chi connectivity index (χ1n) is 28.1. The molecule has 4 fully saturated rings. The number of fused-ring (bicyclic) bond motifs is 5. The number of unbranched alkanes of at least 4 members (excludes halogenated alkanes) is 9. The van der Waals surface area contributed by atoms with Crippen LogP contribution in [0.15, 0.2) is 36.0 Å². The minimum atomic E-state index is -0.313. The van der Waals surface area contributed by atoms with Gasteiger partial charge in [0.1, 0.15) is 5.60 Å². The van der Waals surface area contributed by atoms with Gasteiger partial charge in [-0.1, -0.05) is 142 Å². The normalized spacial score (nSPS) is 31.3. The van der Waals surface area contributed by atoms with Crippen LogP contribution in [0, 0.1) is 46.3 Å². The van der Waals surface area contributed by atoms with E-state index in [1.807, 2.05) is 0 Å². The van der Waals surface area contributed by atoms with Crippen molar-refractivity contribution in [1.29, 1.82) is 0 Å². The second kappa shape index (κ2) is 27.9. The molecule has 0 spiro atoms. The van der Waals surface area contributed by atoms with Gasteiger partial charge in [0.25, 0.3) is 0 Å². The fourth-order valence-electron chi connectivity index (χ4n) is 13.9. The number of likely N-dealkylation sites (tertiary alicyclic amines) is 1. The molecular formula is C59H105NO4. The van der Waals surface area contributed by atoms with Gasteiger partial charge < -0.3 is 23.8 Å². The molecule has 3 unspecified atom stereocenters. The third-order valence-electron chi connectivity index (χ3n) is 17.8. The van der Waals surface area contributed by atoms with Crippen LogP contribution in [-0.4, -0.2) is 75.4 Å². The fraction of sp³-hybridized carbons (Fsp3) is 0.898. The Balaban J connectivity index is 0.950. The highest BCUT2D eigenvalue weighted by Crippen LogP contribution is 2.68. The number of allylic oxidation sites excluding steroid dienone is 5. The van der Waals surface area contributed by atoms with Gasteiger partial charge >= 0.3 is 0 Å². The van der Waals surface area contributed by atoms with Crippen molar-refractivity contribution in [1.82, 2.24) is 4.90 Å². The van der Waals surface area contributed by atoms with Gasteiger partial charge in [-0.15, -0.1) is 0 Å². The van der Waals surface area contributed by atoms with Gasteiger partial charge in [0.05, 0.1) is 38.6 Å². The lowest BCUT2D eigenvalue weighted by atomic mass is 9.46.